The molecule has 1 unspecified atom stereocenters. The maximum atomic E-state index is 8.98. The van der Waals surface area contributed by atoms with Crippen molar-refractivity contribution in [3.8, 4) is 0 Å². The van der Waals surface area contributed by atoms with Gasteiger partial charge >= 0.3 is 0 Å². The van der Waals surface area contributed by atoms with E-state index in [4.69, 9.17) is 5.11 Å². The van der Waals surface area contributed by atoms with Gasteiger partial charge in [0.15, 0.2) is 0 Å². The lowest BCUT2D eigenvalue weighted by atomic mass is 10.3. The Hall–Kier alpha value is -1.06. The van der Waals surface area contributed by atoms with E-state index in [9.17, 15) is 0 Å². The number of hydrogen-bond donors (Lipinski definition) is 2. The van der Waals surface area contributed by atoms with Gasteiger partial charge in [0.25, 0.3) is 0 Å². The standard InChI is InChI=1S/C8H11NO2.C2H6/c1-11-8(10)9-7-5-3-2-4-6-7;1-2/h2-6,8-10H,1H3;1-2H3. The van der Waals surface area contributed by atoms with Gasteiger partial charge in [0.05, 0.1) is 0 Å². The number of ether oxygens (including phenoxy) is 1. The Labute approximate surface area is 79.4 Å². The lowest BCUT2D eigenvalue weighted by molar-refractivity contribution is -0.0509. The van der Waals surface area contributed by atoms with Crippen LogP contribution in [0.3, 0.4) is 0 Å². The zero-order chi connectivity index (χ0) is 10.1. The highest BCUT2D eigenvalue weighted by molar-refractivity contribution is 5.42. The molecular weight excluding hydrogens is 166 g/mol. The average molecular weight is 183 g/mol. The first kappa shape index (κ1) is 11.9. The number of methoxy groups -OCH3 is 1. The van der Waals surface area contributed by atoms with E-state index in [0.717, 1.165) is 5.69 Å². The molecule has 0 aliphatic rings. The third-order valence-electron chi connectivity index (χ3n) is 1.29. The Bertz CT molecular complexity index is 201. The fourth-order valence-corrected chi connectivity index (χ4v) is 0.736. The molecule has 1 atom stereocenters. The summed E-state index contributed by atoms with van der Waals surface area (Å²) in [6.45, 7) is 4.00. The summed E-state index contributed by atoms with van der Waals surface area (Å²) in [4.78, 5) is 0. The van der Waals surface area contributed by atoms with Crippen molar-refractivity contribution in [2.75, 3.05) is 12.4 Å². The van der Waals surface area contributed by atoms with E-state index in [1.165, 1.54) is 7.11 Å². The Balaban J connectivity index is 0.000000671. The van der Waals surface area contributed by atoms with Crippen LogP contribution in [-0.2, 0) is 4.74 Å². The van der Waals surface area contributed by atoms with E-state index in [0.29, 0.717) is 0 Å². The van der Waals surface area contributed by atoms with Gasteiger partial charge in [0.1, 0.15) is 0 Å². The van der Waals surface area contributed by atoms with Crippen molar-refractivity contribution in [3.63, 3.8) is 0 Å². The van der Waals surface area contributed by atoms with Crippen molar-refractivity contribution in [2.24, 2.45) is 0 Å². The average Bonchev–Trinajstić information content (AvgIpc) is 2.22. The first-order chi connectivity index (χ1) is 6.33. The highest BCUT2D eigenvalue weighted by atomic mass is 16.6. The molecule has 0 fully saturated rings. The summed E-state index contributed by atoms with van der Waals surface area (Å²) in [6, 6.07) is 9.37. The van der Waals surface area contributed by atoms with Crippen LogP contribution in [0.5, 0.6) is 0 Å². The van der Waals surface area contributed by atoms with Crippen molar-refractivity contribution in [2.45, 2.75) is 20.3 Å². The van der Waals surface area contributed by atoms with Crippen molar-refractivity contribution in [1.82, 2.24) is 0 Å². The van der Waals surface area contributed by atoms with Gasteiger partial charge in [0, 0.05) is 12.8 Å². The minimum absolute atomic E-state index is 0.835. The van der Waals surface area contributed by atoms with Crippen LogP contribution in [0.4, 0.5) is 5.69 Å². The molecule has 0 aliphatic heterocycles. The predicted octanol–water partition coefficient (Wildman–Crippen LogP) is 2.05. The second-order valence-corrected chi connectivity index (χ2v) is 2.10. The number of anilines is 1. The maximum absolute atomic E-state index is 8.98. The van der Waals surface area contributed by atoms with E-state index in [1.807, 2.05) is 44.2 Å². The topological polar surface area (TPSA) is 41.5 Å². The summed E-state index contributed by atoms with van der Waals surface area (Å²) in [5.74, 6) is 0. The SMILES string of the molecule is CC.COC(O)Nc1ccccc1. The lowest BCUT2D eigenvalue weighted by Gasteiger charge is -2.10. The minimum atomic E-state index is -0.933. The van der Waals surface area contributed by atoms with Crippen molar-refractivity contribution in [1.29, 1.82) is 0 Å². The monoisotopic (exact) mass is 183 g/mol. The normalized spacial score (nSPS) is 11.1. The third-order valence-corrected chi connectivity index (χ3v) is 1.29. The molecule has 3 nitrogen and oxygen atoms in total. The Kier molecular flexibility index (Phi) is 6.96. The number of para-hydroxylation sites is 1. The summed E-state index contributed by atoms with van der Waals surface area (Å²) >= 11 is 0. The predicted molar refractivity (Wildman–Crippen MR) is 54.4 cm³/mol. The van der Waals surface area contributed by atoms with E-state index in [-0.39, 0.29) is 0 Å². The van der Waals surface area contributed by atoms with Gasteiger partial charge in [-0.15, -0.1) is 0 Å². The molecule has 1 aromatic rings. The van der Waals surface area contributed by atoms with Crippen molar-refractivity contribution >= 4 is 5.69 Å². The van der Waals surface area contributed by atoms with Crippen molar-refractivity contribution in [3.05, 3.63) is 30.3 Å². The Morgan fingerprint density at radius 1 is 1.23 bits per heavy atom. The second kappa shape index (κ2) is 7.58. The second-order valence-electron chi connectivity index (χ2n) is 2.10. The maximum Gasteiger partial charge on any atom is 0.235 e. The molecule has 74 valence electrons. The molecule has 0 radical (unpaired) electrons. The molecule has 0 amide bonds. The molecule has 0 aromatic heterocycles. The molecule has 13 heavy (non-hydrogen) atoms. The van der Waals surface area contributed by atoms with Gasteiger partial charge in [-0.2, -0.15) is 0 Å². The molecule has 3 heteroatoms. The van der Waals surface area contributed by atoms with Crippen LogP contribution in [0.2, 0.25) is 0 Å². The minimum Gasteiger partial charge on any atom is -0.351 e. The van der Waals surface area contributed by atoms with Gasteiger partial charge in [-0.25, -0.2) is 0 Å². The molecule has 1 rings (SSSR count). The number of hydrogen-bond acceptors (Lipinski definition) is 3. The highest BCUT2D eigenvalue weighted by Crippen LogP contribution is 2.05. The van der Waals surface area contributed by atoms with Crippen LogP contribution in [0.15, 0.2) is 30.3 Å². The fourth-order valence-electron chi connectivity index (χ4n) is 0.736. The molecular formula is C10H17NO2. The number of aliphatic hydroxyl groups is 1. The van der Waals surface area contributed by atoms with Gasteiger partial charge < -0.3 is 15.2 Å². The highest BCUT2D eigenvalue weighted by Gasteiger charge is 1.97. The largest absolute Gasteiger partial charge is 0.351 e. The first-order valence-corrected chi connectivity index (χ1v) is 4.35. The van der Waals surface area contributed by atoms with E-state index in [1.54, 1.807) is 0 Å². The first-order valence-electron chi connectivity index (χ1n) is 4.35. The fraction of sp³-hybridized carbons (Fsp3) is 0.400. The lowest BCUT2D eigenvalue weighted by Crippen LogP contribution is -2.20. The summed E-state index contributed by atoms with van der Waals surface area (Å²) in [5, 5.41) is 11.7. The molecule has 0 aliphatic carbocycles. The Morgan fingerprint density at radius 2 is 1.77 bits per heavy atom. The van der Waals surface area contributed by atoms with Crippen molar-refractivity contribution < 1.29 is 9.84 Å². The number of aliphatic hydroxyl groups excluding tert-OH is 1. The van der Waals surface area contributed by atoms with Crippen LogP contribution in [0, 0.1) is 0 Å². The molecule has 2 N–H and O–H groups in total. The van der Waals surface area contributed by atoms with Gasteiger partial charge in [-0.1, -0.05) is 32.0 Å². The zero-order valence-corrected chi connectivity index (χ0v) is 8.32. The van der Waals surface area contributed by atoms with Gasteiger partial charge in [-0.3, -0.25) is 0 Å². The number of benzene rings is 1. The molecule has 0 saturated heterocycles. The third kappa shape index (κ3) is 5.22. The Morgan fingerprint density at radius 3 is 2.23 bits per heavy atom. The number of rotatable bonds is 3. The number of nitrogens with one attached hydrogen (secondary N) is 1. The molecule has 0 heterocycles. The smallest absolute Gasteiger partial charge is 0.235 e. The van der Waals surface area contributed by atoms with Crippen LogP contribution >= 0.6 is 0 Å². The zero-order valence-electron chi connectivity index (χ0n) is 8.32. The molecule has 0 saturated carbocycles. The van der Waals surface area contributed by atoms with Gasteiger partial charge in [0.2, 0.25) is 6.41 Å². The summed E-state index contributed by atoms with van der Waals surface area (Å²) < 4.78 is 4.60. The summed E-state index contributed by atoms with van der Waals surface area (Å²) in [6.07, 6.45) is -0.933. The van der Waals surface area contributed by atoms with E-state index < -0.39 is 6.41 Å². The summed E-state index contributed by atoms with van der Waals surface area (Å²) in [5.41, 5.74) is 0.835. The van der Waals surface area contributed by atoms with Crippen LogP contribution in [0.1, 0.15) is 13.8 Å². The van der Waals surface area contributed by atoms with Crippen LogP contribution < -0.4 is 5.32 Å². The quantitative estimate of drug-likeness (QED) is 0.705. The molecule has 1 aromatic carbocycles. The van der Waals surface area contributed by atoms with E-state index >= 15 is 0 Å². The molecule has 0 spiro atoms. The van der Waals surface area contributed by atoms with Crippen LogP contribution in [-0.4, -0.2) is 18.6 Å². The molecule has 0 bridgehead atoms. The van der Waals surface area contributed by atoms with Crippen LogP contribution in [0.25, 0.3) is 0 Å². The van der Waals surface area contributed by atoms with E-state index in [2.05, 4.69) is 10.1 Å². The summed E-state index contributed by atoms with van der Waals surface area (Å²) in [7, 11) is 1.43. The van der Waals surface area contributed by atoms with Gasteiger partial charge in [-0.05, 0) is 12.1 Å².